The second-order valence-corrected chi connectivity index (χ2v) is 6.29. The van der Waals surface area contributed by atoms with Gasteiger partial charge < -0.3 is 15.8 Å². The molecule has 25 heavy (non-hydrogen) atoms. The van der Waals surface area contributed by atoms with Gasteiger partial charge in [-0.2, -0.15) is 0 Å². The fourth-order valence-corrected chi connectivity index (χ4v) is 3.00. The number of aliphatic imine (C=N–C) groups is 1. The molecule has 5 heteroatoms. The van der Waals surface area contributed by atoms with E-state index in [1.54, 1.807) is 0 Å². The van der Waals surface area contributed by atoms with Gasteiger partial charge in [-0.25, -0.2) is 0 Å². The highest BCUT2D eigenvalue weighted by atomic mass is 16.5. The molecule has 1 heterocycles. The summed E-state index contributed by atoms with van der Waals surface area (Å²) in [4.78, 5) is 7.02. The third-order valence-corrected chi connectivity index (χ3v) is 4.43. The van der Waals surface area contributed by atoms with E-state index in [9.17, 15) is 0 Å². The first-order chi connectivity index (χ1) is 12.2. The molecule has 0 aromatic heterocycles. The van der Waals surface area contributed by atoms with Crippen molar-refractivity contribution in [2.75, 3.05) is 38.2 Å². The van der Waals surface area contributed by atoms with Crippen molar-refractivity contribution < 1.29 is 4.74 Å². The molecular formula is C20H26N4O. The van der Waals surface area contributed by atoms with Gasteiger partial charge in [0.1, 0.15) is 0 Å². The maximum Gasteiger partial charge on any atom is 0.193 e. The highest BCUT2D eigenvalue weighted by Crippen LogP contribution is 2.23. The molecule has 0 amide bonds. The standard InChI is InChI=1S/C20H26N4O/c1-16-7-9-17(10-8-16)19(24-11-13-25-14-12-24)15-22-20(21)23-18-5-3-2-4-6-18/h2-10,19H,11-15H2,1H3,(H3,21,22,23). The molecule has 0 bridgehead atoms. The topological polar surface area (TPSA) is 62.9 Å². The fraction of sp³-hybridized carbons (Fsp3) is 0.350. The van der Waals surface area contributed by atoms with Gasteiger partial charge in [0.25, 0.3) is 0 Å². The minimum Gasteiger partial charge on any atom is -0.379 e. The predicted octanol–water partition coefficient (Wildman–Crippen LogP) is 2.80. The summed E-state index contributed by atoms with van der Waals surface area (Å²) in [5.41, 5.74) is 9.56. The van der Waals surface area contributed by atoms with E-state index in [2.05, 4.69) is 46.4 Å². The number of rotatable bonds is 5. The van der Waals surface area contributed by atoms with E-state index in [1.807, 2.05) is 30.3 Å². The zero-order chi connectivity index (χ0) is 17.5. The summed E-state index contributed by atoms with van der Waals surface area (Å²) >= 11 is 0. The van der Waals surface area contributed by atoms with Crippen molar-refractivity contribution in [2.24, 2.45) is 10.7 Å². The maximum atomic E-state index is 6.08. The summed E-state index contributed by atoms with van der Waals surface area (Å²) in [5.74, 6) is 0.441. The van der Waals surface area contributed by atoms with Crippen LogP contribution in [0.4, 0.5) is 5.69 Å². The Kier molecular flexibility index (Phi) is 6.04. The van der Waals surface area contributed by atoms with Crippen molar-refractivity contribution in [1.82, 2.24) is 4.90 Å². The van der Waals surface area contributed by atoms with E-state index in [4.69, 9.17) is 10.5 Å². The number of aryl methyl sites for hydroxylation is 1. The van der Waals surface area contributed by atoms with Gasteiger partial charge in [0.2, 0.25) is 0 Å². The lowest BCUT2D eigenvalue weighted by Crippen LogP contribution is -2.40. The van der Waals surface area contributed by atoms with Crippen LogP contribution < -0.4 is 11.1 Å². The lowest BCUT2D eigenvalue weighted by molar-refractivity contribution is 0.0180. The Hall–Kier alpha value is -2.37. The van der Waals surface area contributed by atoms with Gasteiger partial charge in [-0.3, -0.25) is 9.89 Å². The summed E-state index contributed by atoms with van der Waals surface area (Å²) in [5, 5.41) is 3.15. The molecule has 3 rings (SSSR count). The van der Waals surface area contributed by atoms with E-state index in [0.717, 1.165) is 32.0 Å². The average Bonchev–Trinajstić information content (AvgIpc) is 2.65. The molecule has 1 unspecified atom stereocenters. The molecule has 2 aromatic carbocycles. The molecule has 0 radical (unpaired) electrons. The SMILES string of the molecule is Cc1ccc(C(CN=C(N)Nc2ccccc2)N2CCOCC2)cc1. The highest BCUT2D eigenvalue weighted by Gasteiger charge is 2.22. The second kappa shape index (κ2) is 8.65. The first kappa shape index (κ1) is 17.5. The number of nitrogens with two attached hydrogens (primary N) is 1. The van der Waals surface area contributed by atoms with Crippen LogP contribution in [0.3, 0.4) is 0 Å². The van der Waals surface area contributed by atoms with Crippen LogP contribution >= 0.6 is 0 Å². The summed E-state index contributed by atoms with van der Waals surface area (Å²) < 4.78 is 5.49. The first-order valence-electron chi connectivity index (χ1n) is 8.73. The van der Waals surface area contributed by atoms with Gasteiger partial charge in [0, 0.05) is 18.8 Å². The molecule has 1 aliphatic heterocycles. The number of para-hydroxylation sites is 1. The average molecular weight is 338 g/mol. The van der Waals surface area contributed by atoms with E-state index in [0.29, 0.717) is 12.5 Å². The molecule has 132 valence electrons. The van der Waals surface area contributed by atoms with E-state index in [-0.39, 0.29) is 6.04 Å². The molecule has 5 nitrogen and oxygen atoms in total. The molecule has 0 aliphatic carbocycles. The van der Waals surface area contributed by atoms with Gasteiger partial charge in [0.15, 0.2) is 5.96 Å². The monoisotopic (exact) mass is 338 g/mol. The number of hydrogen-bond donors (Lipinski definition) is 2. The van der Waals surface area contributed by atoms with Crippen molar-refractivity contribution in [3.05, 3.63) is 65.7 Å². The maximum absolute atomic E-state index is 6.08. The molecule has 1 aliphatic rings. The largest absolute Gasteiger partial charge is 0.379 e. The Morgan fingerprint density at radius 2 is 1.80 bits per heavy atom. The molecule has 1 atom stereocenters. The lowest BCUT2D eigenvalue weighted by atomic mass is 10.0. The van der Waals surface area contributed by atoms with Crippen LogP contribution in [0.25, 0.3) is 0 Å². The number of morpholine rings is 1. The Morgan fingerprint density at radius 3 is 2.48 bits per heavy atom. The summed E-state index contributed by atoms with van der Waals surface area (Å²) in [6, 6.07) is 18.7. The molecule has 0 saturated carbocycles. The van der Waals surface area contributed by atoms with Gasteiger partial charge in [-0.15, -0.1) is 0 Å². The smallest absolute Gasteiger partial charge is 0.193 e. The molecule has 2 aromatic rings. The van der Waals surface area contributed by atoms with Crippen LogP contribution in [0.15, 0.2) is 59.6 Å². The lowest BCUT2D eigenvalue weighted by Gasteiger charge is -2.34. The normalized spacial score (nSPS) is 17.2. The fourth-order valence-electron chi connectivity index (χ4n) is 3.00. The van der Waals surface area contributed by atoms with E-state index >= 15 is 0 Å². The van der Waals surface area contributed by atoms with Crippen LogP contribution in [-0.4, -0.2) is 43.7 Å². The predicted molar refractivity (Wildman–Crippen MR) is 103 cm³/mol. The summed E-state index contributed by atoms with van der Waals surface area (Å²) in [7, 11) is 0. The Labute approximate surface area is 149 Å². The van der Waals surface area contributed by atoms with Crippen LogP contribution in [0.1, 0.15) is 17.2 Å². The van der Waals surface area contributed by atoms with Crippen molar-refractivity contribution in [3.63, 3.8) is 0 Å². The van der Waals surface area contributed by atoms with Crippen molar-refractivity contribution in [3.8, 4) is 0 Å². The van der Waals surface area contributed by atoms with Crippen LogP contribution in [-0.2, 0) is 4.74 Å². The van der Waals surface area contributed by atoms with Gasteiger partial charge in [0.05, 0.1) is 25.8 Å². The minimum absolute atomic E-state index is 0.209. The zero-order valence-electron chi connectivity index (χ0n) is 14.7. The number of nitrogens with zero attached hydrogens (tertiary/aromatic N) is 2. The van der Waals surface area contributed by atoms with Gasteiger partial charge in [-0.05, 0) is 24.6 Å². The third kappa shape index (κ3) is 5.05. The van der Waals surface area contributed by atoms with Crippen molar-refractivity contribution in [1.29, 1.82) is 0 Å². The highest BCUT2D eigenvalue weighted by molar-refractivity contribution is 5.92. The molecule has 1 saturated heterocycles. The van der Waals surface area contributed by atoms with Gasteiger partial charge >= 0.3 is 0 Å². The quantitative estimate of drug-likeness (QED) is 0.650. The Morgan fingerprint density at radius 1 is 1.12 bits per heavy atom. The molecule has 1 fully saturated rings. The van der Waals surface area contributed by atoms with Crippen LogP contribution in [0.2, 0.25) is 0 Å². The molecule has 0 spiro atoms. The third-order valence-electron chi connectivity index (χ3n) is 4.43. The zero-order valence-corrected chi connectivity index (χ0v) is 14.7. The van der Waals surface area contributed by atoms with Gasteiger partial charge in [-0.1, -0.05) is 48.0 Å². The van der Waals surface area contributed by atoms with Crippen molar-refractivity contribution in [2.45, 2.75) is 13.0 Å². The number of ether oxygens (including phenoxy) is 1. The van der Waals surface area contributed by atoms with Crippen LogP contribution in [0, 0.1) is 6.92 Å². The van der Waals surface area contributed by atoms with E-state index < -0.39 is 0 Å². The Balaban J connectivity index is 1.72. The molecule has 3 N–H and O–H groups in total. The summed E-state index contributed by atoms with van der Waals surface area (Å²) in [6.07, 6.45) is 0. The number of hydrogen-bond acceptors (Lipinski definition) is 3. The summed E-state index contributed by atoms with van der Waals surface area (Å²) in [6.45, 7) is 6.09. The molecular weight excluding hydrogens is 312 g/mol. The minimum atomic E-state index is 0.209. The number of guanidine groups is 1. The number of anilines is 1. The second-order valence-electron chi connectivity index (χ2n) is 6.29. The number of benzene rings is 2. The van der Waals surface area contributed by atoms with E-state index in [1.165, 1.54) is 11.1 Å². The first-order valence-corrected chi connectivity index (χ1v) is 8.73. The number of nitrogens with one attached hydrogen (secondary N) is 1. The van der Waals surface area contributed by atoms with Crippen molar-refractivity contribution >= 4 is 11.6 Å². The Bertz CT molecular complexity index is 679. The van der Waals surface area contributed by atoms with Crippen LogP contribution in [0.5, 0.6) is 0 Å².